The van der Waals surface area contributed by atoms with Gasteiger partial charge in [0.2, 0.25) is 0 Å². The van der Waals surface area contributed by atoms with E-state index in [-0.39, 0.29) is 16.9 Å². The molecule has 0 unspecified atom stereocenters. The van der Waals surface area contributed by atoms with Crippen LogP contribution in [0.3, 0.4) is 0 Å². The van der Waals surface area contributed by atoms with Crippen LogP contribution in [-0.2, 0) is 0 Å². The first kappa shape index (κ1) is 12.6. The Hall–Kier alpha value is -1.81. The van der Waals surface area contributed by atoms with Gasteiger partial charge in [-0.05, 0) is 31.2 Å². The molecule has 18 heavy (non-hydrogen) atoms. The van der Waals surface area contributed by atoms with Gasteiger partial charge < -0.3 is 0 Å². The van der Waals surface area contributed by atoms with Gasteiger partial charge >= 0.3 is 0 Å². The third-order valence-electron chi connectivity index (χ3n) is 2.76. The zero-order valence-electron chi connectivity index (χ0n) is 10.2. The van der Waals surface area contributed by atoms with Crippen LogP contribution in [0.2, 0.25) is 5.02 Å². The minimum absolute atomic E-state index is 0.151. The number of hydrogen-bond donors (Lipinski definition) is 1. The number of benzene rings is 1. The number of carbonyl (C=O) groups excluding carboxylic acids is 1. The Morgan fingerprint density at radius 3 is 2.50 bits per heavy atom. The number of halogens is 1. The molecule has 0 aliphatic rings. The molecular formula is C13H13ClN2O2. The molecule has 0 saturated heterocycles. The van der Waals surface area contributed by atoms with Gasteiger partial charge in [0, 0.05) is 17.1 Å². The Labute approximate surface area is 109 Å². The number of H-pyrrole nitrogens is 1. The van der Waals surface area contributed by atoms with Gasteiger partial charge in [-0.2, -0.15) is 0 Å². The lowest BCUT2D eigenvalue weighted by atomic mass is 10.1. The fourth-order valence-corrected chi connectivity index (χ4v) is 1.95. The number of rotatable bonds is 3. The molecule has 0 radical (unpaired) electrons. The normalized spacial score (nSPS) is 10.6. The van der Waals surface area contributed by atoms with Crippen molar-refractivity contribution in [2.45, 2.75) is 20.3 Å². The van der Waals surface area contributed by atoms with Crippen molar-refractivity contribution in [3.05, 3.63) is 50.9 Å². The Kier molecular flexibility index (Phi) is 3.39. The van der Waals surface area contributed by atoms with E-state index in [0.29, 0.717) is 22.8 Å². The second-order valence-corrected chi connectivity index (χ2v) is 4.44. The van der Waals surface area contributed by atoms with Crippen LogP contribution in [0.5, 0.6) is 0 Å². The van der Waals surface area contributed by atoms with Crippen LogP contribution in [-0.4, -0.2) is 15.6 Å². The summed E-state index contributed by atoms with van der Waals surface area (Å²) < 4.78 is 1.36. The van der Waals surface area contributed by atoms with Crippen molar-refractivity contribution >= 4 is 17.4 Å². The zero-order valence-corrected chi connectivity index (χ0v) is 10.9. The Morgan fingerprint density at radius 1 is 1.33 bits per heavy atom. The molecule has 0 fully saturated rings. The summed E-state index contributed by atoms with van der Waals surface area (Å²) in [5, 5.41) is 3.50. The third kappa shape index (κ3) is 2.11. The van der Waals surface area contributed by atoms with Gasteiger partial charge in [-0.15, -0.1) is 0 Å². The molecule has 4 nitrogen and oxygen atoms in total. The van der Waals surface area contributed by atoms with E-state index in [1.54, 1.807) is 38.1 Å². The summed E-state index contributed by atoms with van der Waals surface area (Å²) in [6.07, 6.45) is 0.314. The largest absolute Gasteiger partial charge is 0.295 e. The number of hydrogen-bond acceptors (Lipinski definition) is 2. The average molecular weight is 265 g/mol. The lowest BCUT2D eigenvalue weighted by Crippen LogP contribution is -2.20. The van der Waals surface area contributed by atoms with Gasteiger partial charge in [-0.3, -0.25) is 14.7 Å². The number of nitrogens with one attached hydrogen (secondary N) is 1. The maximum absolute atomic E-state index is 12.2. The predicted molar refractivity (Wildman–Crippen MR) is 70.8 cm³/mol. The molecule has 1 aromatic carbocycles. The molecule has 0 bridgehead atoms. The maximum atomic E-state index is 12.2. The summed E-state index contributed by atoms with van der Waals surface area (Å²) in [5.41, 5.74) is 1.15. The number of Topliss-reactive ketones (excluding diaryl/α,β-unsaturated/α-hetero) is 1. The Bertz CT molecular complexity index is 638. The molecule has 0 aliphatic heterocycles. The van der Waals surface area contributed by atoms with Crippen LogP contribution in [0.25, 0.3) is 5.69 Å². The topological polar surface area (TPSA) is 54.9 Å². The Balaban J connectivity index is 2.57. The van der Waals surface area contributed by atoms with Gasteiger partial charge in [0.1, 0.15) is 5.56 Å². The van der Waals surface area contributed by atoms with Crippen LogP contribution >= 0.6 is 11.6 Å². The number of ketones is 1. The second-order valence-electron chi connectivity index (χ2n) is 4.01. The number of aromatic nitrogens is 2. The monoisotopic (exact) mass is 264 g/mol. The highest BCUT2D eigenvalue weighted by molar-refractivity contribution is 6.30. The molecule has 0 spiro atoms. The quantitative estimate of drug-likeness (QED) is 0.867. The first-order valence-corrected chi connectivity index (χ1v) is 6.03. The minimum Gasteiger partial charge on any atom is -0.295 e. The van der Waals surface area contributed by atoms with E-state index in [4.69, 9.17) is 11.6 Å². The van der Waals surface area contributed by atoms with Gasteiger partial charge in [-0.1, -0.05) is 18.5 Å². The number of aromatic amines is 1. The number of nitrogens with zero attached hydrogens (tertiary/aromatic N) is 1. The molecule has 0 aliphatic carbocycles. The molecule has 2 aromatic rings. The first-order chi connectivity index (χ1) is 8.54. The van der Waals surface area contributed by atoms with Crippen LogP contribution in [0, 0.1) is 6.92 Å². The smallest absolute Gasteiger partial charge is 0.282 e. The third-order valence-corrected chi connectivity index (χ3v) is 3.01. The first-order valence-electron chi connectivity index (χ1n) is 5.65. The molecule has 1 aromatic heterocycles. The van der Waals surface area contributed by atoms with Crippen LogP contribution in [0.1, 0.15) is 29.4 Å². The summed E-state index contributed by atoms with van der Waals surface area (Å²) in [7, 11) is 0. The van der Waals surface area contributed by atoms with Crippen molar-refractivity contribution in [2.75, 3.05) is 0 Å². The van der Waals surface area contributed by atoms with E-state index < -0.39 is 0 Å². The highest BCUT2D eigenvalue weighted by Crippen LogP contribution is 2.13. The maximum Gasteiger partial charge on any atom is 0.282 e. The lowest BCUT2D eigenvalue weighted by molar-refractivity contribution is 0.0986. The van der Waals surface area contributed by atoms with E-state index in [1.165, 1.54) is 4.68 Å². The molecule has 0 amide bonds. The molecule has 5 heteroatoms. The van der Waals surface area contributed by atoms with Crippen molar-refractivity contribution in [3.63, 3.8) is 0 Å². The Morgan fingerprint density at radius 2 is 1.94 bits per heavy atom. The molecule has 2 rings (SSSR count). The van der Waals surface area contributed by atoms with Crippen molar-refractivity contribution in [3.8, 4) is 5.69 Å². The molecule has 0 saturated carbocycles. The van der Waals surface area contributed by atoms with Crippen LogP contribution in [0.15, 0.2) is 29.1 Å². The summed E-state index contributed by atoms with van der Waals surface area (Å²) in [6.45, 7) is 3.46. The highest BCUT2D eigenvalue weighted by atomic mass is 35.5. The molecular weight excluding hydrogens is 252 g/mol. The van der Waals surface area contributed by atoms with E-state index in [2.05, 4.69) is 5.10 Å². The van der Waals surface area contributed by atoms with Crippen molar-refractivity contribution in [1.82, 2.24) is 9.78 Å². The molecule has 1 heterocycles. The van der Waals surface area contributed by atoms with E-state index in [1.807, 2.05) is 0 Å². The van der Waals surface area contributed by atoms with Crippen molar-refractivity contribution in [2.24, 2.45) is 0 Å². The SMILES string of the molecule is CCC(=O)c1c(C)[nH]n(-c2ccc(Cl)cc2)c1=O. The van der Waals surface area contributed by atoms with E-state index in [0.717, 1.165) is 0 Å². The fourth-order valence-electron chi connectivity index (χ4n) is 1.82. The summed E-state index contributed by atoms with van der Waals surface area (Å²) >= 11 is 5.80. The summed E-state index contributed by atoms with van der Waals surface area (Å²) in [5.74, 6) is -0.151. The fraction of sp³-hybridized carbons (Fsp3) is 0.231. The van der Waals surface area contributed by atoms with Gasteiger partial charge in [0.15, 0.2) is 5.78 Å². The van der Waals surface area contributed by atoms with Crippen molar-refractivity contribution in [1.29, 1.82) is 0 Å². The van der Waals surface area contributed by atoms with Gasteiger partial charge in [0.05, 0.1) is 5.69 Å². The summed E-state index contributed by atoms with van der Waals surface area (Å²) in [4.78, 5) is 23.9. The second kappa shape index (κ2) is 4.82. The minimum atomic E-state index is -0.318. The van der Waals surface area contributed by atoms with Crippen molar-refractivity contribution < 1.29 is 4.79 Å². The number of carbonyl (C=O) groups is 1. The molecule has 1 N–H and O–H groups in total. The van der Waals surface area contributed by atoms with Crippen LogP contribution in [0.4, 0.5) is 0 Å². The highest BCUT2D eigenvalue weighted by Gasteiger charge is 2.17. The lowest BCUT2D eigenvalue weighted by Gasteiger charge is -2.00. The molecule has 94 valence electrons. The van der Waals surface area contributed by atoms with Crippen LogP contribution < -0.4 is 5.56 Å². The van der Waals surface area contributed by atoms with E-state index >= 15 is 0 Å². The standard InChI is InChI=1S/C13H13ClN2O2/c1-3-11(17)12-8(2)15-16(13(12)18)10-6-4-9(14)5-7-10/h4-7,15H,3H2,1-2H3. The number of aryl methyl sites for hydroxylation is 1. The van der Waals surface area contributed by atoms with Gasteiger partial charge in [0.25, 0.3) is 5.56 Å². The zero-order chi connectivity index (χ0) is 13.3. The summed E-state index contributed by atoms with van der Waals surface area (Å²) in [6, 6.07) is 6.83. The predicted octanol–water partition coefficient (Wildman–Crippen LogP) is 2.72. The van der Waals surface area contributed by atoms with E-state index in [9.17, 15) is 9.59 Å². The molecule has 0 atom stereocenters. The average Bonchev–Trinajstić information content (AvgIpc) is 2.65. The van der Waals surface area contributed by atoms with Gasteiger partial charge in [-0.25, -0.2) is 4.68 Å².